The van der Waals surface area contributed by atoms with Gasteiger partial charge in [-0.1, -0.05) is 32.6 Å². The number of unbranched alkanes of at least 4 members (excludes halogenated alkanes) is 3. The van der Waals surface area contributed by atoms with Gasteiger partial charge in [0.05, 0.1) is 6.61 Å². The van der Waals surface area contributed by atoms with Crippen molar-refractivity contribution in [2.45, 2.75) is 77.7 Å². The van der Waals surface area contributed by atoms with E-state index in [-0.39, 0.29) is 0 Å². The molecule has 0 aromatic heterocycles. The number of ether oxygens (including phenoxy) is 2. The minimum absolute atomic E-state index is 0.333. The second-order valence-corrected chi connectivity index (χ2v) is 5.02. The van der Waals surface area contributed by atoms with Crippen molar-refractivity contribution in [3.63, 3.8) is 0 Å². The molecule has 0 saturated heterocycles. The summed E-state index contributed by atoms with van der Waals surface area (Å²) < 4.78 is 11.3. The molecule has 0 aromatic rings. The van der Waals surface area contributed by atoms with Gasteiger partial charge in [0.2, 0.25) is 0 Å². The molecule has 0 radical (unpaired) electrons. The van der Waals surface area contributed by atoms with Gasteiger partial charge in [-0.2, -0.15) is 0 Å². The fraction of sp³-hybridized carbons (Fsp3) is 0.933. The molecule has 3 heteroatoms. The third-order valence-corrected chi connectivity index (χ3v) is 3.34. The van der Waals surface area contributed by atoms with Crippen molar-refractivity contribution in [2.75, 3.05) is 13.2 Å². The molecule has 106 valence electrons. The Balaban J connectivity index is 2.25. The van der Waals surface area contributed by atoms with Gasteiger partial charge >= 0.3 is 6.08 Å². The average Bonchev–Trinajstić information content (AvgIpc) is 2.40. The summed E-state index contributed by atoms with van der Waals surface area (Å²) in [6, 6.07) is 0. The molecule has 0 spiro atoms. The van der Waals surface area contributed by atoms with Gasteiger partial charge in [-0.25, -0.2) is 4.99 Å². The highest BCUT2D eigenvalue weighted by molar-refractivity contribution is 5.67. The molecule has 0 bridgehead atoms. The fourth-order valence-electron chi connectivity index (χ4n) is 2.27. The van der Waals surface area contributed by atoms with Gasteiger partial charge in [0, 0.05) is 6.54 Å². The van der Waals surface area contributed by atoms with Gasteiger partial charge < -0.3 is 9.47 Å². The standard InChI is InChI=1S/C15H29NO2/c1-3-5-6-10-13-16-15(17-4-2)18-14-11-8-7-9-12-14/h14H,3-13H2,1-2H3. The Morgan fingerprint density at radius 1 is 1.06 bits per heavy atom. The number of hydrogen-bond acceptors (Lipinski definition) is 3. The van der Waals surface area contributed by atoms with Crippen LogP contribution in [0.5, 0.6) is 0 Å². The maximum absolute atomic E-state index is 5.87. The lowest BCUT2D eigenvalue weighted by atomic mass is 9.98. The first kappa shape index (κ1) is 15.3. The van der Waals surface area contributed by atoms with Crippen molar-refractivity contribution in [1.82, 2.24) is 0 Å². The molecule has 18 heavy (non-hydrogen) atoms. The number of rotatable bonds is 7. The predicted octanol–water partition coefficient (Wildman–Crippen LogP) is 4.31. The van der Waals surface area contributed by atoms with E-state index in [9.17, 15) is 0 Å². The van der Waals surface area contributed by atoms with E-state index >= 15 is 0 Å². The second-order valence-electron chi connectivity index (χ2n) is 5.02. The Morgan fingerprint density at radius 2 is 1.83 bits per heavy atom. The van der Waals surface area contributed by atoms with Crippen LogP contribution in [0.3, 0.4) is 0 Å². The van der Waals surface area contributed by atoms with Crippen LogP contribution in [0.4, 0.5) is 0 Å². The Labute approximate surface area is 112 Å². The van der Waals surface area contributed by atoms with Gasteiger partial charge in [-0.05, 0) is 39.0 Å². The van der Waals surface area contributed by atoms with E-state index in [1.54, 1.807) is 0 Å². The molecule has 1 aliphatic rings. The number of hydrogen-bond donors (Lipinski definition) is 0. The molecule has 3 nitrogen and oxygen atoms in total. The van der Waals surface area contributed by atoms with E-state index in [4.69, 9.17) is 9.47 Å². The van der Waals surface area contributed by atoms with Crippen LogP contribution in [0, 0.1) is 0 Å². The molecule has 0 unspecified atom stereocenters. The number of nitrogens with zero attached hydrogens (tertiary/aromatic N) is 1. The predicted molar refractivity (Wildman–Crippen MR) is 76.0 cm³/mol. The highest BCUT2D eigenvalue weighted by atomic mass is 16.7. The molecule has 0 atom stereocenters. The van der Waals surface area contributed by atoms with Crippen LogP contribution in [0.2, 0.25) is 0 Å². The fourth-order valence-corrected chi connectivity index (χ4v) is 2.27. The molecular weight excluding hydrogens is 226 g/mol. The summed E-state index contributed by atoms with van der Waals surface area (Å²) >= 11 is 0. The molecule has 1 saturated carbocycles. The van der Waals surface area contributed by atoms with Crippen molar-refractivity contribution >= 4 is 6.08 Å². The monoisotopic (exact) mass is 255 g/mol. The highest BCUT2D eigenvalue weighted by Crippen LogP contribution is 2.20. The third kappa shape index (κ3) is 6.87. The molecule has 0 aromatic carbocycles. The summed E-state index contributed by atoms with van der Waals surface area (Å²) in [5.41, 5.74) is 0. The lowest BCUT2D eigenvalue weighted by Gasteiger charge is -2.23. The van der Waals surface area contributed by atoms with Crippen LogP contribution in [0.1, 0.15) is 71.6 Å². The van der Waals surface area contributed by atoms with Gasteiger partial charge in [0.25, 0.3) is 0 Å². The summed E-state index contributed by atoms with van der Waals surface area (Å²) in [5.74, 6) is 0. The highest BCUT2D eigenvalue weighted by Gasteiger charge is 2.17. The lowest BCUT2D eigenvalue weighted by molar-refractivity contribution is 0.0845. The molecule has 0 aliphatic heterocycles. The van der Waals surface area contributed by atoms with Crippen LogP contribution in [0.25, 0.3) is 0 Å². The molecule has 0 amide bonds. The topological polar surface area (TPSA) is 30.8 Å². The quantitative estimate of drug-likeness (QED) is 0.385. The first-order chi connectivity index (χ1) is 8.86. The number of aliphatic imine (C=N–C) groups is 1. The maximum atomic E-state index is 5.87. The second kappa shape index (κ2) is 10.2. The van der Waals surface area contributed by atoms with Crippen LogP contribution in [-0.4, -0.2) is 25.3 Å². The Morgan fingerprint density at radius 3 is 2.50 bits per heavy atom. The van der Waals surface area contributed by atoms with Crippen molar-refractivity contribution in [3.8, 4) is 0 Å². The van der Waals surface area contributed by atoms with Crippen LogP contribution in [0.15, 0.2) is 4.99 Å². The normalized spacial score (nSPS) is 17.8. The largest absolute Gasteiger partial charge is 0.451 e. The summed E-state index contributed by atoms with van der Waals surface area (Å²) in [4.78, 5) is 4.45. The molecule has 1 fully saturated rings. The zero-order chi connectivity index (χ0) is 13.1. The zero-order valence-electron chi connectivity index (χ0n) is 12.1. The Bertz CT molecular complexity index is 223. The maximum Gasteiger partial charge on any atom is 0.383 e. The van der Waals surface area contributed by atoms with E-state index in [1.165, 1.54) is 38.5 Å². The van der Waals surface area contributed by atoms with Crippen molar-refractivity contribution in [1.29, 1.82) is 0 Å². The van der Waals surface area contributed by atoms with Gasteiger partial charge in [-0.3, -0.25) is 0 Å². The molecule has 1 aliphatic carbocycles. The van der Waals surface area contributed by atoms with Crippen molar-refractivity contribution < 1.29 is 9.47 Å². The Hall–Kier alpha value is -0.730. The molecule has 0 N–H and O–H groups in total. The summed E-state index contributed by atoms with van der Waals surface area (Å²) in [6.45, 7) is 5.68. The van der Waals surface area contributed by atoms with Gasteiger partial charge in [0.15, 0.2) is 0 Å². The summed E-state index contributed by atoms with van der Waals surface area (Å²) in [7, 11) is 0. The minimum Gasteiger partial charge on any atom is -0.451 e. The van der Waals surface area contributed by atoms with Gasteiger partial charge in [0.1, 0.15) is 6.10 Å². The Kier molecular flexibility index (Phi) is 8.70. The van der Waals surface area contributed by atoms with E-state index in [1.807, 2.05) is 6.92 Å². The third-order valence-electron chi connectivity index (χ3n) is 3.34. The molecular formula is C15H29NO2. The van der Waals surface area contributed by atoms with Crippen LogP contribution in [-0.2, 0) is 9.47 Å². The van der Waals surface area contributed by atoms with E-state index in [0.29, 0.717) is 18.8 Å². The SMILES string of the molecule is CCCCCCN=C(OCC)OC1CCCCC1. The van der Waals surface area contributed by atoms with E-state index in [2.05, 4.69) is 11.9 Å². The molecule has 1 rings (SSSR count). The van der Waals surface area contributed by atoms with E-state index in [0.717, 1.165) is 25.8 Å². The first-order valence-electron chi connectivity index (χ1n) is 7.70. The minimum atomic E-state index is 0.333. The van der Waals surface area contributed by atoms with Crippen molar-refractivity contribution in [2.24, 2.45) is 4.99 Å². The van der Waals surface area contributed by atoms with E-state index < -0.39 is 0 Å². The lowest BCUT2D eigenvalue weighted by Crippen LogP contribution is -2.23. The van der Waals surface area contributed by atoms with Crippen LogP contribution >= 0.6 is 0 Å². The summed E-state index contributed by atoms with van der Waals surface area (Å²) in [6.07, 6.45) is 12.0. The zero-order valence-corrected chi connectivity index (χ0v) is 12.1. The molecule has 0 heterocycles. The van der Waals surface area contributed by atoms with Gasteiger partial charge in [-0.15, -0.1) is 0 Å². The smallest absolute Gasteiger partial charge is 0.383 e. The average molecular weight is 255 g/mol. The van der Waals surface area contributed by atoms with Crippen LogP contribution < -0.4 is 0 Å². The first-order valence-corrected chi connectivity index (χ1v) is 7.70. The summed E-state index contributed by atoms with van der Waals surface area (Å²) in [5, 5.41) is 0. The van der Waals surface area contributed by atoms with Crippen molar-refractivity contribution in [3.05, 3.63) is 0 Å².